The molecule has 1 aromatic heterocycles. The molecule has 0 unspecified atom stereocenters. The maximum atomic E-state index is 13.1. The van der Waals surface area contributed by atoms with E-state index in [-0.39, 0.29) is 17.6 Å². The van der Waals surface area contributed by atoms with Gasteiger partial charge in [0.1, 0.15) is 17.1 Å². The van der Waals surface area contributed by atoms with Crippen LogP contribution in [-0.4, -0.2) is 50.2 Å². The summed E-state index contributed by atoms with van der Waals surface area (Å²) in [6, 6.07) is 9.52. The molecule has 1 aliphatic heterocycles. The molecule has 3 aromatic rings. The minimum Gasteiger partial charge on any atom is -0.496 e. The van der Waals surface area contributed by atoms with Crippen LogP contribution in [0.25, 0.3) is 0 Å². The van der Waals surface area contributed by atoms with Crippen molar-refractivity contribution in [2.45, 2.75) is 51.0 Å². The summed E-state index contributed by atoms with van der Waals surface area (Å²) in [7, 11) is 5.91. The number of ether oxygens (including phenoxy) is 5. The average Bonchev–Trinajstić information content (AvgIpc) is 3.25. The van der Waals surface area contributed by atoms with E-state index in [1.54, 1.807) is 12.1 Å². The fraction of sp³-hybridized carbons (Fsp3) is 0.429. The van der Waals surface area contributed by atoms with Crippen molar-refractivity contribution >= 4 is 5.97 Å². The van der Waals surface area contributed by atoms with Crippen LogP contribution in [0, 0.1) is 0 Å². The van der Waals surface area contributed by atoms with Crippen molar-refractivity contribution in [2.75, 3.05) is 28.4 Å². The normalized spacial score (nSPS) is 14.8. The molecular weight excluding hydrogens is 476 g/mol. The summed E-state index contributed by atoms with van der Waals surface area (Å²) in [5.74, 6) is 1.17. The first kappa shape index (κ1) is 26.2. The molecule has 0 spiro atoms. The summed E-state index contributed by atoms with van der Waals surface area (Å²) in [5, 5.41) is 5.73. The third-order valence-corrected chi connectivity index (χ3v) is 6.84. The topological polar surface area (TPSA) is 112 Å². The second-order valence-electron chi connectivity index (χ2n) is 9.73. The minimum atomic E-state index is -0.658. The van der Waals surface area contributed by atoms with Crippen LogP contribution in [0.15, 0.2) is 35.1 Å². The number of hydrogen-bond donors (Lipinski definition) is 2. The van der Waals surface area contributed by atoms with Gasteiger partial charge in [-0.2, -0.15) is 0 Å². The Hall–Kier alpha value is -3.88. The standard InChI is InChI=1S/C28H34N2O7/c1-28(2)10-9-17-11-16(7-8-21(17)37-28)12-20-26(27(32)30-29-20)19(14-25(31)36-6)18-13-23(34-4)24(35-5)15-22(18)33-3/h7-8,11,13,15,19H,9-10,12,14H2,1-6H3,(H2,29,30,32)/t19-/m0/s1. The van der Waals surface area contributed by atoms with Crippen LogP contribution in [0.1, 0.15) is 60.6 Å². The third-order valence-electron chi connectivity index (χ3n) is 6.84. The lowest BCUT2D eigenvalue weighted by molar-refractivity contribution is -0.140. The van der Waals surface area contributed by atoms with Gasteiger partial charge in [-0.1, -0.05) is 12.1 Å². The predicted octanol–water partition coefficient (Wildman–Crippen LogP) is 4.12. The largest absolute Gasteiger partial charge is 0.496 e. The second kappa shape index (κ2) is 10.6. The number of esters is 1. The number of aromatic nitrogens is 2. The first-order valence-corrected chi connectivity index (χ1v) is 12.2. The Kier molecular flexibility index (Phi) is 7.52. The van der Waals surface area contributed by atoms with Crippen LogP contribution in [-0.2, 0) is 22.4 Å². The number of methoxy groups -OCH3 is 4. The maximum absolute atomic E-state index is 13.1. The molecule has 0 fully saturated rings. The van der Waals surface area contributed by atoms with Crippen molar-refractivity contribution in [3.05, 3.63) is 68.6 Å². The lowest BCUT2D eigenvalue weighted by atomic mass is 9.86. The quantitative estimate of drug-likeness (QED) is 0.417. The number of carbonyl (C=O) groups is 1. The van der Waals surface area contributed by atoms with Gasteiger partial charge in [-0.15, -0.1) is 0 Å². The van der Waals surface area contributed by atoms with E-state index in [1.807, 2.05) is 12.1 Å². The maximum Gasteiger partial charge on any atom is 0.306 e. The fourth-order valence-corrected chi connectivity index (χ4v) is 4.88. The zero-order valence-corrected chi connectivity index (χ0v) is 22.2. The molecule has 0 saturated heterocycles. The SMILES string of the molecule is COC(=O)C[C@@H](c1cc(OC)c(OC)cc1OC)c1c(Cc2ccc3c(c2)CCC(C)(C)O3)[nH][nH]c1=O. The highest BCUT2D eigenvalue weighted by atomic mass is 16.5. The monoisotopic (exact) mass is 510 g/mol. The number of H-pyrrole nitrogens is 2. The molecule has 0 aliphatic carbocycles. The second-order valence-corrected chi connectivity index (χ2v) is 9.73. The van der Waals surface area contributed by atoms with Crippen LogP contribution in [0.4, 0.5) is 0 Å². The molecule has 0 radical (unpaired) electrons. The molecule has 9 heteroatoms. The van der Waals surface area contributed by atoms with Gasteiger partial charge in [0.2, 0.25) is 0 Å². The van der Waals surface area contributed by atoms with Crippen molar-refractivity contribution < 1.29 is 28.5 Å². The van der Waals surface area contributed by atoms with E-state index in [4.69, 9.17) is 23.7 Å². The van der Waals surface area contributed by atoms with Gasteiger partial charge in [-0.05, 0) is 49.9 Å². The number of benzene rings is 2. The van der Waals surface area contributed by atoms with Crippen LogP contribution in [0.5, 0.6) is 23.0 Å². The molecule has 37 heavy (non-hydrogen) atoms. The minimum absolute atomic E-state index is 0.0661. The summed E-state index contributed by atoms with van der Waals surface area (Å²) in [6.07, 6.45) is 2.23. The van der Waals surface area contributed by atoms with Crippen LogP contribution in [0.2, 0.25) is 0 Å². The Morgan fingerprint density at radius 1 is 1.00 bits per heavy atom. The van der Waals surface area contributed by atoms with E-state index in [9.17, 15) is 9.59 Å². The van der Waals surface area contributed by atoms with Gasteiger partial charge in [0.25, 0.3) is 5.56 Å². The molecule has 1 atom stereocenters. The molecule has 1 aliphatic rings. The molecule has 0 amide bonds. The van der Waals surface area contributed by atoms with E-state index >= 15 is 0 Å². The first-order valence-electron chi connectivity index (χ1n) is 12.2. The summed E-state index contributed by atoms with van der Waals surface area (Å²) in [4.78, 5) is 25.6. The summed E-state index contributed by atoms with van der Waals surface area (Å²) in [6.45, 7) is 4.18. The van der Waals surface area contributed by atoms with Gasteiger partial charge in [0.05, 0.1) is 34.9 Å². The van der Waals surface area contributed by atoms with E-state index in [2.05, 4.69) is 30.1 Å². The number of fused-ring (bicyclic) bond motifs is 1. The van der Waals surface area contributed by atoms with Crippen molar-refractivity contribution in [1.82, 2.24) is 10.2 Å². The Morgan fingerprint density at radius 2 is 1.70 bits per heavy atom. The number of aromatic amines is 2. The predicted molar refractivity (Wildman–Crippen MR) is 138 cm³/mol. The molecule has 2 N–H and O–H groups in total. The molecule has 198 valence electrons. The lowest BCUT2D eigenvalue weighted by Gasteiger charge is -2.32. The van der Waals surface area contributed by atoms with Crippen LogP contribution in [0.3, 0.4) is 0 Å². The number of aryl methyl sites for hydroxylation is 1. The fourth-order valence-electron chi connectivity index (χ4n) is 4.88. The zero-order chi connectivity index (χ0) is 26.7. The van der Waals surface area contributed by atoms with E-state index < -0.39 is 11.9 Å². The summed E-state index contributed by atoms with van der Waals surface area (Å²) in [5.41, 5.74) is 3.38. The Labute approximate surface area is 216 Å². The molecule has 0 bridgehead atoms. The summed E-state index contributed by atoms with van der Waals surface area (Å²) >= 11 is 0. The molecule has 4 rings (SSSR count). The molecule has 9 nitrogen and oxygen atoms in total. The molecule has 0 saturated carbocycles. The van der Waals surface area contributed by atoms with E-state index in [0.29, 0.717) is 40.5 Å². The lowest BCUT2D eigenvalue weighted by Crippen LogP contribution is -2.32. The number of carbonyl (C=O) groups excluding carboxylic acids is 1. The van der Waals surface area contributed by atoms with Gasteiger partial charge in [0.15, 0.2) is 11.5 Å². The van der Waals surface area contributed by atoms with Gasteiger partial charge in [-0.25, -0.2) is 0 Å². The first-order chi connectivity index (χ1) is 17.7. The van der Waals surface area contributed by atoms with Gasteiger partial charge in [0, 0.05) is 35.2 Å². The van der Waals surface area contributed by atoms with Crippen molar-refractivity contribution in [3.63, 3.8) is 0 Å². The van der Waals surface area contributed by atoms with Crippen molar-refractivity contribution in [3.8, 4) is 23.0 Å². The van der Waals surface area contributed by atoms with Gasteiger partial charge >= 0.3 is 5.97 Å². The smallest absolute Gasteiger partial charge is 0.306 e. The Morgan fingerprint density at radius 3 is 2.38 bits per heavy atom. The third kappa shape index (κ3) is 5.45. The molecule has 2 aromatic carbocycles. The molecule has 2 heterocycles. The average molecular weight is 511 g/mol. The Balaban J connectivity index is 1.77. The van der Waals surface area contributed by atoms with Gasteiger partial charge in [-0.3, -0.25) is 14.7 Å². The van der Waals surface area contributed by atoms with Crippen LogP contribution >= 0.6 is 0 Å². The highest BCUT2D eigenvalue weighted by Gasteiger charge is 2.30. The highest BCUT2D eigenvalue weighted by molar-refractivity contribution is 5.72. The number of rotatable bonds is 9. The van der Waals surface area contributed by atoms with Gasteiger partial charge < -0.3 is 28.8 Å². The molecular formula is C28H34N2O7. The number of hydrogen-bond acceptors (Lipinski definition) is 7. The van der Waals surface area contributed by atoms with Crippen molar-refractivity contribution in [2.24, 2.45) is 0 Å². The Bertz CT molecular complexity index is 1340. The van der Waals surface area contributed by atoms with Crippen LogP contribution < -0.4 is 24.5 Å². The highest BCUT2D eigenvalue weighted by Crippen LogP contribution is 2.42. The number of nitrogens with one attached hydrogen (secondary N) is 2. The van der Waals surface area contributed by atoms with Crippen molar-refractivity contribution in [1.29, 1.82) is 0 Å². The van der Waals surface area contributed by atoms with E-state index in [0.717, 1.165) is 29.7 Å². The summed E-state index contributed by atoms with van der Waals surface area (Å²) < 4.78 is 27.6. The van der Waals surface area contributed by atoms with E-state index in [1.165, 1.54) is 28.4 Å². The zero-order valence-electron chi connectivity index (χ0n) is 22.2.